The van der Waals surface area contributed by atoms with Crippen LogP contribution in [-0.4, -0.2) is 74.6 Å². The largest absolute Gasteiger partial charge is 0.495 e. The number of fused-ring (bicyclic) bond motifs is 1. The van der Waals surface area contributed by atoms with Crippen molar-refractivity contribution in [1.82, 2.24) is 9.21 Å². The zero-order valence-electron chi connectivity index (χ0n) is 20.7. The van der Waals surface area contributed by atoms with Crippen molar-refractivity contribution < 1.29 is 27.8 Å². The number of amides is 1. The molecule has 0 unspecified atom stereocenters. The fourth-order valence-electron chi connectivity index (χ4n) is 3.81. The standard InChI is InChI=1S/C26H32N2O6S/c1-18-15-28(19(2)17-29)35(31,32)26-13-11-21(10-12-22-8-6-7-9-23(22)33-5)14-24(26)34-25(18)16-27(4)20(3)30/h6-9,11,13-14,18-19,25,29H,15-17H2,1-5H3/t18-,19+,25+/m0/s1. The van der Waals surface area contributed by atoms with E-state index >= 15 is 0 Å². The topological polar surface area (TPSA) is 96.4 Å². The maximum Gasteiger partial charge on any atom is 0.247 e. The molecule has 3 atom stereocenters. The fourth-order valence-corrected chi connectivity index (χ4v) is 5.63. The van der Waals surface area contributed by atoms with Crippen LogP contribution in [0.3, 0.4) is 0 Å². The number of rotatable bonds is 5. The normalized spacial score (nSPS) is 20.2. The van der Waals surface area contributed by atoms with Crippen molar-refractivity contribution in [2.24, 2.45) is 5.92 Å². The summed E-state index contributed by atoms with van der Waals surface area (Å²) in [5.74, 6) is 6.55. The SMILES string of the molecule is COc1ccccc1C#Cc1ccc2c(c1)O[C@H](CN(C)C(C)=O)[C@@H](C)CN([C@H](C)CO)S2(=O)=O. The van der Waals surface area contributed by atoms with E-state index in [1.807, 2.05) is 31.2 Å². The highest BCUT2D eigenvalue weighted by Gasteiger charge is 2.38. The van der Waals surface area contributed by atoms with Gasteiger partial charge in [-0.1, -0.05) is 30.9 Å². The molecule has 1 amide bonds. The first-order chi connectivity index (χ1) is 16.6. The van der Waals surface area contributed by atoms with Crippen LogP contribution in [0.4, 0.5) is 0 Å². The number of para-hydroxylation sites is 1. The summed E-state index contributed by atoms with van der Waals surface area (Å²) in [6, 6.07) is 11.5. The van der Waals surface area contributed by atoms with Crippen LogP contribution in [0.5, 0.6) is 11.5 Å². The van der Waals surface area contributed by atoms with E-state index in [0.29, 0.717) is 16.9 Å². The molecular weight excluding hydrogens is 468 g/mol. The number of ether oxygens (including phenoxy) is 2. The summed E-state index contributed by atoms with van der Waals surface area (Å²) in [6.45, 7) is 5.13. The third-order valence-electron chi connectivity index (χ3n) is 6.11. The molecule has 0 bridgehead atoms. The number of aliphatic hydroxyl groups is 1. The molecule has 9 heteroatoms. The summed E-state index contributed by atoms with van der Waals surface area (Å²) < 4.78 is 40.0. The average Bonchev–Trinajstić information content (AvgIpc) is 2.84. The second kappa shape index (κ2) is 11.1. The minimum absolute atomic E-state index is 0.00280. The van der Waals surface area contributed by atoms with Gasteiger partial charge in [0.2, 0.25) is 15.9 Å². The Morgan fingerprint density at radius 1 is 1.29 bits per heavy atom. The number of carbonyl (C=O) groups is 1. The Balaban J connectivity index is 2.09. The van der Waals surface area contributed by atoms with Crippen LogP contribution in [0.1, 0.15) is 31.9 Å². The summed E-state index contributed by atoms with van der Waals surface area (Å²) in [4.78, 5) is 13.4. The zero-order chi connectivity index (χ0) is 25.8. The predicted octanol–water partition coefficient (Wildman–Crippen LogP) is 2.34. The van der Waals surface area contributed by atoms with Gasteiger partial charge in [0.25, 0.3) is 0 Å². The molecule has 0 fully saturated rings. The lowest BCUT2D eigenvalue weighted by Crippen LogP contribution is -2.50. The van der Waals surface area contributed by atoms with E-state index in [1.54, 1.807) is 38.1 Å². The molecule has 188 valence electrons. The Hall–Kier alpha value is -3.06. The first-order valence-corrected chi connectivity index (χ1v) is 12.8. The molecule has 35 heavy (non-hydrogen) atoms. The quantitative estimate of drug-likeness (QED) is 0.633. The van der Waals surface area contributed by atoms with Crippen molar-refractivity contribution in [3.63, 3.8) is 0 Å². The first-order valence-electron chi connectivity index (χ1n) is 11.4. The molecule has 0 radical (unpaired) electrons. The molecule has 3 rings (SSSR count). The summed E-state index contributed by atoms with van der Waals surface area (Å²) in [7, 11) is -0.699. The second-order valence-electron chi connectivity index (χ2n) is 8.75. The van der Waals surface area contributed by atoms with Crippen molar-refractivity contribution in [3.8, 4) is 23.3 Å². The molecule has 8 nitrogen and oxygen atoms in total. The minimum Gasteiger partial charge on any atom is -0.495 e. The zero-order valence-corrected chi connectivity index (χ0v) is 21.5. The van der Waals surface area contributed by atoms with Crippen LogP contribution in [-0.2, 0) is 14.8 Å². The highest BCUT2D eigenvalue weighted by atomic mass is 32.2. The van der Waals surface area contributed by atoms with Gasteiger partial charge in [0, 0.05) is 38.0 Å². The average molecular weight is 501 g/mol. The highest BCUT2D eigenvalue weighted by Crippen LogP contribution is 2.34. The van der Waals surface area contributed by atoms with E-state index in [-0.39, 0.29) is 42.2 Å². The lowest BCUT2D eigenvalue weighted by Gasteiger charge is -2.37. The van der Waals surface area contributed by atoms with E-state index in [9.17, 15) is 18.3 Å². The molecule has 0 saturated carbocycles. The van der Waals surface area contributed by atoms with E-state index in [1.165, 1.54) is 17.3 Å². The van der Waals surface area contributed by atoms with Gasteiger partial charge in [0.1, 0.15) is 22.5 Å². The number of methoxy groups -OCH3 is 1. The predicted molar refractivity (Wildman–Crippen MR) is 133 cm³/mol. The van der Waals surface area contributed by atoms with Gasteiger partial charge in [0.05, 0.1) is 25.8 Å². The van der Waals surface area contributed by atoms with Crippen LogP contribution < -0.4 is 9.47 Å². The highest BCUT2D eigenvalue weighted by molar-refractivity contribution is 7.89. The Morgan fingerprint density at radius 3 is 2.66 bits per heavy atom. The van der Waals surface area contributed by atoms with Gasteiger partial charge in [-0.3, -0.25) is 4.79 Å². The molecule has 0 aliphatic carbocycles. The third-order valence-corrected chi connectivity index (χ3v) is 8.13. The summed E-state index contributed by atoms with van der Waals surface area (Å²) in [6.07, 6.45) is -0.469. The van der Waals surface area contributed by atoms with Crippen LogP contribution in [0, 0.1) is 17.8 Å². The van der Waals surface area contributed by atoms with Crippen LogP contribution in [0.25, 0.3) is 0 Å². The number of benzene rings is 2. The Bertz CT molecular complexity index is 1230. The maximum absolute atomic E-state index is 13.6. The summed E-state index contributed by atoms with van der Waals surface area (Å²) >= 11 is 0. The number of hydrogen-bond donors (Lipinski definition) is 1. The van der Waals surface area contributed by atoms with Crippen LogP contribution in [0.2, 0.25) is 0 Å². The number of nitrogens with zero attached hydrogens (tertiary/aromatic N) is 2. The Kier molecular flexibility index (Phi) is 8.43. The lowest BCUT2D eigenvalue weighted by molar-refractivity contribution is -0.129. The molecule has 0 spiro atoms. The molecule has 1 aliphatic rings. The number of carbonyl (C=O) groups excluding carboxylic acids is 1. The van der Waals surface area contributed by atoms with Gasteiger partial charge in [0.15, 0.2) is 0 Å². The molecule has 2 aromatic rings. The van der Waals surface area contributed by atoms with E-state index in [4.69, 9.17) is 9.47 Å². The van der Waals surface area contributed by atoms with Gasteiger partial charge in [-0.25, -0.2) is 8.42 Å². The Morgan fingerprint density at radius 2 is 2.00 bits per heavy atom. The van der Waals surface area contributed by atoms with Crippen molar-refractivity contribution >= 4 is 15.9 Å². The molecule has 1 aliphatic heterocycles. The van der Waals surface area contributed by atoms with E-state index in [2.05, 4.69) is 11.8 Å². The Labute approximate surface area is 207 Å². The van der Waals surface area contributed by atoms with Gasteiger partial charge in [-0.15, -0.1) is 0 Å². The van der Waals surface area contributed by atoms with Crippen molar-refractivity contribution in [2.45, 2.75) is 37.8 Å². The lowest BCUT2D eigenvalue weighted by atomic mass is 10.0. The smallest absolute Gasteiger partial charge is 0.247 e. The second-order valence-corrected chi connectivity index (χ2v) is 10.6. The van der Waals surface area contributed by atoms with E-state index in [0.717, 1.165) is 0 Å². The third kappa shape index (κ3) is 5.96. The monoisotopic (exact) mass is 500 g/mol. The van der Waals surface area contributed by atoms with Crippen molar-refractivity contribution in [3.05, 3.63) is 53.6 Å². The fraction of sp³-hybridized carbons (Fsp3) is 0.423. The number of likely N-dealkylation sites (N-methyl/N-ethyl adjacent to an activating group) is 1. The molecular formula is C26H32N2O6S. The summed E-state index contributed by atoms with van der Waals surface area (Å²) in [5.41, 5.74) is 1.27. The molecule has 0 saturated heterocycles. The number of aliphatic hydroxyl groups excluding tert-OH is 1. The minimum atomic E-state index is -3.95. The molecule has 2 aromatic carbocycles. The van der Waals surface area contributed by atoms with Crippen LogP contribution in [0.15, 0.2) is 47.4 Å². The molecule has 1 N–H and O–H groups in total. The van der Waals surface area contributed by atoms with Gasteiger partial charge >= 0.3 is 0 Å². The van der Waals surface area contributed by atoms with Gasteiger partial charge in [-0.05, 0) is 37.3 Å². The molecule has 1 heterocycles. The number of hydrogen-bond acceptors (Lipinski definition) is 6. The van der Waals surface area contributed by atoms with Crippen LogP contribution >= 0.6 is 0 Å². The molecule has 0 aromatic heterocycles. The van der Waals surface area contributed by atoms with Crippen molar-refractivity contribution in [1.29, 1.82) is 0 Å². The van der Waals surface area contributed by atoms with Crippen molar-refractivity contribution in [2.75, 3.05) is 33.9 Å². The van der Waals surface area contributed by atoms with Gasteiger partial charge in [-0.2, -0.15) is 4.31 Å². The maximum atomic E-state index is 13.6. The first kappa shape index (κ1) is 26.5. The van der Waals surface area contributed by atoms with Gasteiger partial charge < -0.3 is 19.5 Å². The number of sulfonamides is 1. The summed E-state index contributed by atoms with van der Waals surface area (Å²) in [5, 5.41) is 9.75. The van der Waals surface area contributed by atoms with E-state index < -0.39 is 22.2 Å².